The highest BCUT2D eigenvalue weighted by atomic mass is 16.5. The first-order chi connectivity index (χ1) is 16.6. The summed E-state index contributed by atoms with van der Waals surface area (Å²) in [6, 6.07) is 14.5. The van der Waals surface area contributed by atoms with E-state index in [9.17, 15) is 9.59 Å². The third kappa shape index (κ3) is 4.03. The number of aromatic nitrogens is 3. The van der Waals surface area contributed by atoms with E-state index in [1.165, 1.54) is 0 Å². The second-order valence-corrected chi connectivity index (χ2v) is 7.96. The smallest absolute Gasteiger partial charge is 0.234 e. The standard InChI is InChI=1S/C25H23N5O4/c1-33-19-7-5-18(6-8-19)30-14-17(13-23(30)31)24(32)27-20-12-16(4-9-22(20)34-2)21-15-29-11-3-10-26-25(29)28-21/h3-12,15,17H,13-14H2,1-2H3,(H,27,32)/t17-/m0/s1. The largest absolute Gasteiger partial charge is 0.497 e. The van der Waals surface area contributed by atoms with Crippen molar-refractivity contribution in [2.75, 3.05) is 31.0 Å². The van der Waals surface area contributed by atoms with Crippen molar-refractivity contribution in [2.45, 2.75) is 6.42 Å². The molecule has 0 aliphatic carbocycles. The molecule has 1 aliphatic rings. The number of nitrogens with zero attached hydrogens (tertiary/aromatic N) is 4. The quantitative estimate of drug-likeness (QED) is 0.477. The maximum absolute atomic E-state index is 13.1. The van der Waals surface area contributed by atoms with Gasteiger partial charge in [-0.15, -0.1) is 0 Å². The zero-order valence-corrected chi connectivity index (χ0v) is 18.8. The molecule has 0 bridgehead atoms. The van der Waals surface area contributed by atoms with Crippen molar-refractivity contribution in [1.82, 2.24) is 14.4 Å². The van der Waals surface area contributed by atoms with E-state index in [0.717, 1.165) is 16.9 Å². The number of hydrogen-bond acceptors (Lipinski definition) is 6. The van der Waals surface area contributed by atoms with Gasteiger partial charge in [-0.05, 0) is 48.5 Å². The number of ether oxygens (including phenoxy) is 2. The lowest BCUT2D eigenvalue weighted by molar-refractivity contribution is -0.122. The fraction of sp³-hybridized carbons (Fsp3) is 0.200. The summed E-state index contributed by atoms with van der Waals surface area (Å²) in [7, 11) is 3.13. The molecular formula is C25H23N5O4. The summed E-state index contributed by atoms with van der Waals surface area (Å²) in [5.74, 6) is 0.998. The lowest BCUT2D eigenvalue weighted by atomic mass is 10.1. The Bertz CT molecular complexity index is 1330. The molecule has 0 spiro atoms. The topological polar surface area (TPSA) is 98.1 Å². The molecule has 1 fully saturated rings. The average Bonchev–Trinajstić information content (AvgIpc) is 3.48. The summed E-state index contributed by atoms with van der Waals surface area (Å²) in [6.45, 7) is 0.303. The number of carbonyl (C=O) groups is 2. The highest BCUT2D eigenvalue weighted by Gasteiger charge is 2.35. The van der Waals surface area contributed by atoms with E-state index in [-0.39, 0.29) is 18.2 Å². The molecule has 0 unspecified atom stereocenters. The van der Waals surface area contributed by atoms with Gasteiger partial charge in [0.25, 0.3) is 0 Å². The number of amides is 2. The zero-order valence-electron chi connectivity index (χ0n) is 18.8. The number of carbonyl (C=O) groups excluding carboxylic acids is 2. The van der Waals surface area contributed by atoms with E-state index < -0.39 is 5.92 Å². The molecule has 2 aromatic carbocycles. The van der Waals surface area contributed by atoms with Crippen molar-refractivity contribution < 1.29 is 19.1 Å². The molecular weight excluding hydrogens is 434 g/mol. The van der Waals surface area contributed by atoms with E-state index in [1.807, 2.05) is 47.1 Å². The van der Waals surface area contributed by atoms with Crippen LogP contribution in [0.5, 0.6) is 11.5 Å². The number of anilines is 2. The van der Waals surface area contributed by atoms with Gasteiger partial charge >= 0.3 is 0 Å². The van der Waals surface area contributed by atoms with E-state index in [2.05, 4.69) is 15.3 Å². The first-order valence-electron chi connectivity index (χ1n) is 10.8. The van der Waals surface area contributed by atoms with Crippen LogP contribution in [0.1, 0.15) is 6.42 Å². The van der Waals surface area contributed by atoms with Crippen molar-refractivity contribution in [3.8, 4) is 22.8 Å². The second kappa shape index (κ2) is 8.86. The first-order valence-corrected chi connectivity index (χ1v) is 10.8. The van der Waals surface area contributed by atoms with Gasteiger partial charge in [-0.1, -0.05) is 0 Å². The lowest BCUT2D eigenvalue weighted by Gasteiger charge is -2.17. The van der Waals surface area contributed by atoms with Gasteiger partial charge < -0.3 is 19.7 Å². The number of fused-ring (bicyclic) bond motifs is 1. The molecule has 1 saturated heterocycles. The fourth-order valence-corrected chi connectivity index (χ4v) is 4.06. The fourth-order valence-electron chi connectivity index (χ4n) is 4.06. The molecule has 4 aromatic rings. The molecule has 5 rings (SSSR count). The third-order valence-corrected chi connectivity index (χ3v) is 5.87. The number of rotatable bonds is 6. The molecule has 1 atom stereocenters. The Balaban J connectivity index is 1.35. The molecule has 2 aromatic heterocycles. The first kappa shape index (κ1) is 21.4. The molecule has 1 N–H and O–H groups in total. The SMILES string of the molecule is COc1ccc(N2C[C@@H](C(=O)Nc3cc(-c4cn5cccnc5n4)ccc3OC)CC2=O)cc1. The Morgan fingerprint density at radius 2 is 1.94 bits per heavy atom. The van der Waals surface area contributed by atoms with Crippen LogP contribution in [0, 0.1) is 5.92 Å². The number of methoxy groups -OCH3 is 2. The van der Waals surface area contributed by atoms with Gasteiger partial charge in [0.15, 0.2) is 0 Å². The maximum atomic E-state index is 13.1. The minimum Gasteiger partial charge on any atom is -0.497 e. The summed E-state index contributed by atoms with van der Waals surface area (Å²) < 4.78 is 12.5. The van der Waals surface area contributed by atoms with Crippen LogP contribution in [0.3, 0.4) is 0 Å². The van der Waals surface area contributed by atoms with Crippen LogP contribution in [-0.2, 0) is 9.59 Å². The predicted molar refractivity (Wildman–Crippen MR) is 127 cm³/mol. The Morgan fingerprint density at radius 3 is 2.68 bits per heavy atom. The number of nitrogens with one attached hydrogen (secondary N) is 1. The normalized spacial score (nSPS) is 15.5. The Labute approximate surface area is 196 Å². The minimum absolute atomic E-state index is 0.0942. The van der Waals surface area contributed by atoms with Crippen LogP contribution < -0.4 is 19.7 Å². The molecule has 34 heavy (non-hydrogen) atoms. The van der Waals surface area contributed by atoms with Crippen molar-refractivity contribution in [3.05, 3.63) is 67.1 Å². The summed E-state index contributed by atoms with van der Waals surface area (Å²) in [5.41, 5.74) is 2.79. The van der Waals surface area contributed by atoms with E-state index in [1.54, 1.807) is 43.5 Å². The van der Waals surface area contributed by atoms with Gasteiger partial charge in [0.05, 0.1) is 31.5 Å². The Hall–Kier alpha value is -4.40. The summed E-state index contributed by atoms with van der Waals surface area (Å²) in [5, 5.41) is 2.95. The van der Waals surface area contributed by atoms with Crippen LogP contribution in [-0.4, -0.2) is 46.9 Å². The lowest BCUT2D eigenvalue weighted by Crippen LogP contribution is -2.28. The molecule has 9 nitrogen and oxygen atoms in total. The van der Waals surface area contributed by atoms with Crippen molar-refractivity contribution in [3.63, 3.8) is 0 Å². The monoisotopic (exact) mass is 457 g/mol. The highest BCUT2D eigenvalue weighted by Crippen LogP contribution is 2.32. The van der Waals surface area contributed by atoms with E-state index >= 15 is 0 Å². The highest BCUT2D eigenvalue weighted by molar-refractivity contribution is 6.04. The minimum atomic E-state index is -0.484. The molecule has 0 radical (unpaired) electrons. The van der Waals surface area contributed by atoms with E-state index in [4.69, 9.17) is 9.47 Å². The predicted octanol–water partition coefficient (Wildman–Crippen LogP) is 3.41. The van der Waals surface area contributed by atoms with Crippen LogP contribution in [0.2, 0.25) is 0 Å². The van der Waals surface area contributed by atoms with Gasteiger partial charge in [-0.2, -0.15) is 0 Å². The summed E-state index contributed by atoms with van der Waals surface area (Å²) >= 11 is 0. The van der Waals surface area contributed by atoms with Gasteiger partial charge in [-0.3, -0.25) is 14.0 Å². The summed E-state index contributed by atoms with van der Waals surface area (Å²) in [6.07, 6.45) is 5.57. The number of benzene rings is 2. The van der Waals surface area contributed by atoms with Crippen molar-refractivity contribution in [1.29, 1.82) is 0 Å². The second-order valence-electron chi connectivity index (χ2n) is 7.96. The van der Waals surface area contributed by atoms with Gasteiger partial charge in [0.2, 0.25) is 17.6 Å². The number of hydrogen-bond donors (Lipinski definition) is 1. The van der Waals surface area contributed by atoms with Gasteiger partial charge in [0, 0.05) is 42.8 Å². The number of imidazole rings is 1. The molecule has 2 amide bonds. The molecule has 0 saturated carbocycles. The zero-order chi connectivity index (χ0) is 23.7. The Kier molecular flexibility index (Phi) is 5.59. The summed E-state index contributed by atoms with van der Waals surface area (Å²) in [4.78, 5) is 36.1. The Morgan fingerprint density at radius 1 is 1.12 bits per heavy atom. The average molecular weight is 457 g/mol. The molecule has 3 heterocycles. The van der Waals surface area contributed by atoms with Crippen LogP contribution >= 0.6 is 0 Å². The van der Waals surface area contributed by atoms with Crippen LogP contribution in [0.4, 0.5) is 11.4 Å². The van der Waals surface area contributed by atoms with Crippen molar-refractivity contribution >= 4 is 29.0 Å². The van der Waals surface area contributed by atoms with Crippen molar-refractivity contribution in [2.24, 2.45) is 5.92 Å². The maximum Gasteiger partial charge on any atom is 0.234 e. The van der Waals surface area contributed by atoms with Crippen LogP contribution in [0.15, 0.2) is 67.1 Å². The van der Waals surface area contributed by atoms with Gasteiger partial charge in [0.1, 0.15) is 11.5 Å². The van der Waals surface area contributed by atoms with E-state index in [0.29, 0.717) is 29.5 Å². The van der Waals surface area contributed by atoms with Gasteiger partial charge in [-0.25, -0.2) is 9.97 Å². The third-order valence-electron chi connectivity index (χ3n) is 5.87. The van der Waals surface area contributed by atoms with Crippen LogP contribution in [0.25, 0.3) is 17.0 Å². The molecule has 172 valence electrons. The molecule has 1 aliphatic heterocycles. The molecule has 9 heteroatoms.